The van der Waals surface area contributed by atoms with Gasteiger partial charge in [-0.1, -0.05) is 20.8 Å². The lowest BCUT2D eigenvalue weighted by atomic mass is 9.70. The molecule has 1 amide bonds. The molecule has 0 aromatic rings. The van der Waals surface area contributed by atoms with E-state index in [1.165, 1.54) is 0 Å². The van der Waals surface area contributed by atoms with E-state index in [-0.39, 0.29) is 18.4 Å². The molecule has 0 heterocycles. The largest absolute Gasteiger partial charge is 0.481 e. The Labute approximate surface area is 116 Å². The van der Waals surface area contributed by atoms with E-state index in [0.717, 1.165) is 25.7 Å². The van der Waals surface area contributed by atoms with Gasteiger partial charge in [0.2, 0.25) is 5.91 Å². The Morgan fingerprint density at radius 2 is 1.79 bits per heavy atom. The molecule has 4 nitrogen and oxygen atoms in total. The zero-order valence-electron chi connectivity index (χ0n) is 12.4. The van der Waals surface area contributed by atoms with Crippen LogP contribution in [0.15, 0.2) is 0 Å². The molecule has 0 bridgehead atoms. The molecule has 0 atom stereocenters. The maximum absolute atomic E-state index is 12.0. The van der Waals surface area contributed by atoms with Crippen molar-refractivity contribution in [3.05, 3.63) is 0 Å². The third-order valence-electron chi connectivity index (χ3n) is 4.64. The highest BCUT2D eigenvalue weighted by atomic mass is 16.4. The predicted molar refractivity (Wildman–Crippen MR) is 74.8 cm³/mol. The van der Waals surface area contributed by atoms with Crippen LogP contribution in [-0.4, -0.2) is 23.5 Å². The Morgan fingerprint density at radius 1 is 1.26 bits per heavy atom. The summed E-state index contributed by atoms with van der Waals surface area (Å²) < 4.78 is 0. The van der Waals surface area contributed by atoms with Gasteiger partial charge in [-0.05, 0) is 44.4 Å². The zero-order chi connectivity index (χ0) is 14.5. The number of carboxylic acids is 1. The number of carbonyl (C=O) groups is 2. The van der Waals surface area contributed by atoms with Crippen LogP contribution in [0.25, 0.3) is 0 Å². The van der Waals surface area contributed by atoms with E-state index in [9.17, 15) is 14.7 Å². The number of hydrogen-bond acceptors (Lipinski definition) is 2. The minimum absolute atomic E-state index is 0.00393. The fourth-order valence-electron chi connectivity index (χ4n) is 2.84. The molecule has 1 fully saturated rings. The van der Waals surface area contributed by atoms with E-state index < -0.39 is 11.4 Å². The van der Waals surface area contributed by atoms with Gasteiger partial charge in [-0.25, -0.2) is 0 Å². The Balaban J connectivity index is 2.60. The molecule has 0 aliphatic heterocycles. The fourth-order valence-corrected chi connectivity index (χ4v) is 2.84. The van der Waals surface area contributed by atoms with Gasteiger partial charge < -0.3 is 10.4 Å². The number of rotatable bonds is 6. The number of carboxylic acid groups (broad SMARTS) is 1. The van der Waals surface area contributed by atoms with Gasteiger partial charge in [-0.2, -0.15) is 0 Å². The summed E-state index contributed by atoms with van der Waals surface area (Å²) in [6.45, 7) is 6.42. The van der Waals surface area contributed by atoms with Gasteiger partial charge in [0.15, 0.2) is 0 Å². The molecule has 0 unspecified atom stereocenters. The van der Waals surface area contributed by atoms with E-state index in [0.29, 0.717) is 18.8 Å². The molecule has 110 valence electrons. The van der Waals surface area contributed by atoms with Crippen LogP contribution in [0.2, 0.25) is 0 Å². The summed E-state index contributed by atoms with van der Waals surface area (Å²) >= 11 is 0. The fraction of sp³-hybridized carbons (Fsp3) is 0.867. The van der Waals surface area contributed by atoms with Crippen molar-refractivity contribution in [2.75, 3.05) is 6.54 Å². The van der Waals surface area contributed by atoms with Crippen LogP contribution in [0.5, 0.6) is 0 Å². The lowest BCUT2D eigenvalue weighted by Gasteiger charge is -2.36. The van der Waals surface area contributed by atoms with Gasteiger partial charge in [0.1, 0.15) is 0 Å². The first-order chi connectivity index (χ1) is 8.95. The third kappa shape index (κ3) is 3.95. The first kappa shape index (κ1) is 16.0. The second-order valence-corrected chi connectivity index (χ2v) is 6.00. The highest BCUT2D eigenvalue weighted by molar-refractivity contribution is 5.80. The molecule has 0 radical (unpaired) electrons. The molecule has 0 saturated heterocycles. The van der Waals surface area contributed by atoms with E-state index in [4.69, 9.17) is 0 Å². The first-order valence-electron chi connectivity index (χ1n) is 7.46. The molecule has 4 heteroatoms. The Morgan fingerprint density at radius 3 is 2.21 bits per heavy atom. The van der Waals surface area contributed by atoms with Gasteiger partial charge in [0.05, 0.1) is 5.41 Å². The van der Waals surface area contributed by atoms with Crippen LogP contribution in [0.4, 0.5) is 0 Å². The highest BCUT2D eigenvalue weighted by Crippen LogP contribution is 2.38. The molecule has 1 rings (SSSR count). The summed E-state index contributed by atoms with van der Waals surface area (Å²) in [7, 11) is 0. The van der Waals surface area contributed by atoms with Gasteiger partial charge in [0, 0.05) is 12.5 Å². The van der Waals surface area contributed by atoms with Crippen LogP contribution in [0.3, 0.4) is 0 Å². The second-order valence-electron chi connectivity index (χ2n) is 6.00. The number of hydrogen-bond donors (Lipinski definition) is 2. The first-order valence-corrected chi connectivity index (χ1v) is 7.46. The average molecular weight is 269 g/mol. The molecule has 1 aliphatic rings. The van der Waals surface area contributed by atoms with E-state index in [1.54, 1.807) is 0 Å². The van der Waals surface area contributed by atoms with Crippen LogP contribution >= 0.6 is 0 Å². The molecular formula is C15H27NO3. The lowest BCUT2D eigenvalue weighted by Crippen LogP contribution is -2.46. The summed E-state index contributed by atoms with van der Waals surface area (Å²) in [5.41, 5.74) is -0.742. The molecular weight excluding hydrogens is 242 g/mol. The molecule has 19 heavy (non-hydrogen) atoms. The highest BCUT2D eigenvalue weighted by Gasteiger charge is 2.41. The minimum atomic E-state index is -0.760. The molecule has 2 N–H and O–H groups in total. The van der Waals surface area contributed by atoms with Crippen molar-refractivity contribution in [3.63, 3.8) is 0 Å². The molecule has 1 saturated carbocycles. The van der Waals surface area contributed by atoms with Crippen LogP contribution in [0, 0.1) is 17.3 Å². The number of nitrogens with one attached hydrogen (secondary N) is 1. The van der Waals surface area contributed by atoms with Gasteiger partial charge in [-0.15, -0.1) is 0 Å². The van der Waals surface area contributed by atoms with E-state index >= 15 is 0 Å². The Bertz CT molecular complexity index is 315. The van der Waals surface area contributed by atoms with Crippen LogP contribution in [-0.2, 0) is 9.59 Å². The summed E-state index contributed by atoms with van der Waals surface area (Å²) in [4.78, 5) is 23.5. The Hall–Kier alpha value is -1.06. The number of aliphatic carboxylic acids is 1. The van der Waals surface area contributed by atoms with Crippen LogP contribution in [0.1, 0.15) is 59.3 Å². The quantitative estimate of drug-likeness (QED) is 0.779. The molecule has 0 spiro atoms. The van der Waals surface area contributed by atoms with Crippen molar-refractivity contribution in [3.8, 4) is 0 Å². The van der Waals surface area contributed by atoms with Gasteiger partial charge in [-0.3, -0.25) is 9.59 Å². The van der Waals surface area contributed by atoms with Crippen molar-refractivity contribution in [2.45, 2.75) is 59.3 Å². The number of amides is 1. The summed E-state index contributed by atoms with van der Waals surface area (Å²) in [6.07, 6.45) is 4.83. The second kappa shape index (κ2) is 6.92. The molecule has 0 aromatic carbocycles. The van der Waals surface area contributed by atoms with Gasteiger partial charge in [0.25, 0.3) is 0 Å². The van der Waals surface area contributed by atoms with Gasteiger partial charge >= 0.3 is 5.97 Å². The average Bonchev–Trinajstić information content (AvgIpc) is 2.39. The normalized spacial score (nSPS) is 27.3. The van der Waals surface area contributed by atoms with Crippen molar-refractivity contribution in [2.24, 2.45) is 17.3 Å². The smallest absolute Gasteiger partial charge is 0.311 e. The minimum Gasteiger partial charge on any atom is -0.481 e. The topological polar surface area (TPSA) is 66.4 Å². The van der Waals surface area contributed by atoms with Crippen molar-refractivity contribution >= 4 is 11.9 Å². The third-order valence-corrected chi connectivity index (χ3v) is 4.64. The van der Waals surface area contributed by atoms with E-state index in [1.807, 2.05) is 13.8 Å². The summed E-state index contributed by atoms with van der Waals surface area (Å²) in [6, 6.07) is 0. The standard InChI is InChI=1S/C15H27NO3/c1-4-12(5-2)13(17)16-10-15(14(18)19)8-6-11(3)7-9-15/h11-12H,4-10H2,1-3H3,(H,16,17)(H,18,19). The van der Waals surface area contributed by atoms with E-state index in [2.05, 4.69) is 12.2 Å². The molecule has 1 aliphatic carbocycles. The maximum Gasteiger partial charge on any atom is 0.311 e. The summed E-state index contributed by atoms with van der Waals surface area (Å²) in [5.74, 6) is -0.149. The Kier molecular flexibility index (Phi) is 5.83. The predicted octanol–water partition coefficient (Wildman–Crippen LogP) is 2.82. The SMILES string of the molecule is CCC(CC)C(=O)NCC1(C(=O)O)CCC(C)CC1. The number of carbonyl (C=O) groups excluding carboxylic acids is 1. The van der Waals surface area contributed by atoms with Crippen molar-refractivity contribution in [1.82, 2.24) is 5.32 Å². The van der Waals surface area contributed by atoms with Crippen molar-refractivity contribution in [1.29, 1.82) is 0 Å². The maximum atomic E-state index is 12.0. The zero-order valence-corrected chi connectivity index (χ0v) is 12.4. The lowest BCUT2D eigenvalue weighted by molar-refractivity contribution is -0.151. The van der Waals surface area contributed by atoms with Crippen LogP contribution < -0.4 is 5.32 Å². The van der Waals surface area contributed by atoms with Crippen molar-refractivity contribution < 1.29 is 14.7 Å². The monoisotopic (exact) mass is 269 g/mol. The molecule has 0 aromatic heterocycles. The summed E-state index contributed by atoms with van der Waals surface area (Å²) in [5, 5.41) is 12.4.